The maximum absolute atomic E-state index is 12.4. The van der Waals surface area contributed by atoms with Crippen LogP contribution in [0.2, 0.25) is 0 Å². The number of hydrogen-bond acceptors (Lipinski definition) is 4. The lowest BCUT2D eigenvalue weighted by Gasteiger charge is -2.32. The summed E-state index contributed by atoms with van der Waals surface area (Å²) in [4.78, 5) is 16.6. The third-order valence-corrected chi connectivity index (χ3v) is 5.43. The SMILES string of the molecule is CC(C)[C@](C)(C#N)NC(=O)CN[C@@H](c1cccnc1)C1CCCCC1. The summed E-state index contributed by atoms with van der Waals surface area (Å²) in [5.74, 6) is 0.439. The Morgan fingerprint density at radius 1 is 1.40 bits per heavy atom. The molecule has 0 unspecified atom stereocenters. The van der Waals surface area contributed by atoms with Gasteiger partial charge in [-0.05, 0) is 43.2 Å². The van der Waals surface area contributed by atoms with Crippen LogP contribution in [0.15, 0.2) is 24.5 Å². The second-order valence-corrected chi connectivity index (χ2v) is 7.56. The van der Waals surface area contributed by atoms with E-state index >= 15 is 0 Å². The second kappa shape index (κ2) is 8.96. The van der Waals surface area contributed by atoms with Crippen molar-refractivity contribution in [3.63, 3.8) is 0 Å². The van der Waals surface area contributed by atoms with E-state index in [-0.39, 0.29) is 24.4 Å². The first-order valence-electron chi connectivity index (χ1n) is 9.32. The molecule has 1 aliphatic rings. The highest BCUT2D eigenvalue weighted by Gasteiger charge is 2.31. The van der Waals surface area contributed by atoms with Gasteiger partial charge in [0.15, 0.2) is 0 Å². The van der Waals surface area contributed by atoms with E-state index in [2.05, 4.69) is 27.8 Å². The highest BCUT2D eigenvalue weighted by Crippen LogP contribution is 2.34. The number of nitrogens with one attached hydrogen (secondary N) is 2. The van der Waals surface area contributed by atoms with E-state index in [1.165, 1.54) is 32.1 Å². The molecule has 1 heterocycles. The Labute approximate surface area is 151 Å². The Hall–Kier alpha value is -1.93. The molecular weight excluding hydrogens is 312 g/mol. The lowest BCUT2D eigenvalue weighted by atomic mass is 9.81. The summed E-state index contributed by atoms with van der Waals surface area (Å²) < 4.78 is 0. The molecule has 0 spiro atoms. The molecule has 0 saturated heterocycles. The molecule has 1 aromatic heterocycles. The van der Waals surface area contributed by atoms with Gasteiger partial charge < -0.3 is 10.6 Å². The van der Waals surface area contributed by atoms with Crippen molar-refractivity contribution in [3.8, 4) is 6.07 Å². The quantitative estimate of drug-likeness (QED) is 0.796. The minimum absolute atomic E-state index is 0.0499. The van der Waals surface area contributed by atoms with Gasteiger partial charge in [0.05, 0.1) is 12.6 Å². The molecule has 0 radical (unpaired) electrons. The first-order valence-corrected chi connectivity index (χ1v) is 9.32. The maximum atomic E-state index is 12.4. The number of aromatic nitrogens is 1. The molecule has 5 heteroatoms. The van der Waals surface area contributed by atoms with Crippen LogP contribution in [0.3, 0.4) is 0 Å². The number of hydrogen-bond donors (Lipinski definition) is 2. The van der Waals surface area contributed by atoms with Crippen molar-refractivity contribution >= 4 is 5.91 Å². The molecule has 0 aliphatic heterocycles. The molecule has 136 valence electrons. The molecule has 1 fully saturated rings. The zero-order valence-corrected chi connectivity index (χ0v) is 15.6. The minimum atomic E-state index is -0.840. The predicted octanol–water partition coefficient (Wildman–Crippen LogP) is 3.35. The Kier molecular flexibility index (Phi) is 6.95. The molecule has 1 saturated carbocycles. The van der Waals surface area contributed by atoms with Gasteiger partial charge >= 0.3 is 0 Å². The molecule has 0 aromatic carbocycles. The van der Waals surface area contributed by atoms with Gasteiger partial charge in [-0.1, -0.05) is 39.2 Å². The van der Waals surface area contributed by atoms with E-state index in [1.54, 1.807) is 13.1 Å². The summed E-state index contributed by atoms with van der Waals surface area (Å²) >= 11 is 0. The fourth-order valence-corrected chi connectivity index (χ4v) is 3.42. The van der Waals surface area contributed by atoms with Crippen molar-refractivity contribution in [2.45, 2.75) is 64.5 Å². The third kappa shape index (κ3) is 5.27. The van der Waals surface area contributed by atoms with Crippen molar-refractivity contribution < 1.29 is 4.79 Å². The van der Waals surface area contributed by atoms with E-state index in [1.807, 2.05) is 26.1 Å². The van der Waals surface area contributed by atoms with E-state index in [0.717, 1.165) is 5.56 Å². The molecule has 5 nitrogen and oxygen atoms in total. The molecule has 0 bridgehead atoms. The van der Waals surface area contributed by atoms with Gasteiger partial charge in [-0.2, -0.15) is 5.26 Å². The second-order valence-electron chi connectivity index (χ2n) is 7.56. The van der Waals surface area contributed by atoms with Gasteiger partial charge in [0, 0.05) is 18.4 Å². The van der Waals surface area contributed by atoms with Gasteiger partial charge in [0.1, 0.15) is 5.54 Å². The summed E-state index contributed by atoms with van der Waals surface area (Å²) in [6.07, 6.45) is 9.80. The summed E-state index contributed by atoms with van der Waals surface area (Å²) in [7, 11) is 0. The third-order valence-electron chi connectivity index (χ3n) is 5.43. The van der Waals surface area contributed by atoms with Crippen molar-refractivity contribution in [3.05, 3.63) is 30.1 Å². The monoisotopic (exact) mass is 342 g/mol. The molecular formula is C20H30N4O. The van der Waals surface area contributed by atoms with Crippen LogP contribution in [0.5, 0.6) is 0 Å². The first kappa shape index (κ1) is 19.4. The van der Waals surface area contributed by atoms with Gasteiger partial charge in [-0.25, -0.2) is 0 Å². The largest absolute Gasteiger partial charge is 0.337 e. The number of rotatable bonds is 7. The fourth-order valence-electron chi connectivity index (χ4n) is 3.42. The Bertz CT molecular complexity index is 589. The van der Waals surface area contributed by atoms with Crippen molar-refractivity contribution in [1.29, 1.82) is 5.26 Å². The molecule has 2 rings (SSSR count). The molecule has 25 heavy (non-hydrogen) atoms. The van der Waals surface area contributed by atoms with Gasteiger partial charge in [0.2, 0.25) is 5.91 Å². The highest BCUT2D eigenvalue weighted by molar-refractivity contribution is 5.79. The first-order chi connectivity index (χ1) is 12.0. The van der Waals surface area contributed by atoms with Crippen LogP contribution in [0.4, 0.5) is 0 Å². The molecule has 1 aromatic rings. The number of nitrogens with zero attached hydrogens (tertiary/aromatic N) is 2. The van der Waals surface area contributed by atoms with Crippen LogP contribution in [-0.4, -0.2) is 23.0 Å². The summed E-state index contributed by atoms with van der Waals surface area (Å²) in [5, 5.41) is 15.7. The van der Waals surface area contributed by atoms with Crippen LogP contribution in [0.25, 0.3) is 0 Å². The van der Waals surface area contributed by atoms with Gasteiger partial charge in [0.25, 0.3) is 0 Å². The molecule has 2 atom stereocenters. The van der Waals surface area contributed by atoms with Crippen LogP contribution >= 0.6 is 0 Å². The topological polar surface area (TPSA) is 77.8 Å². The van der Waals surface area contributed by atoms with Crippen LogP contribution < -0.4 is 10.6 Å². The Balaban J connectivity index is 2.02. The maximum Gasteiger partial charge on any atom is 0.235 e. The van der Waals surface area contributed by atoms with Crippen LogP contribution in [0.1, 0.15) is 64.5 Å². The fraction of sp³-hybridized carbons (Fsp3) is 0.650. The van der Waals surface area contributed by atoms with E-state index < -0.39 is 5.54 Å². The Morgan fingerprint density at radius 3 is 2.68 bits per heavy atom. The average molecular weight is 342 g/mol. The number of amides is 1. The van der Waals surface area contributed by atoms with Gasteiger partial charge in [-0.15, -0.1) is 0 Å². The lowest BCUT2D eigenvalue weighted by molar-refractivity contribution is -0.122. The summed E-state index contributed by atoms with van der Waals surface area (Å²) in [5.41, 5.74) is 0.294. The van der Waals surface area contributed by atoms with Crippen LogP contribution in [0, 0.1) is 23.2 Å². The van der Waals surface area contributed by atoms with E-state index in [0.29, 0.717) is 5.92 Å². The predicted molar refractivity (Wildman–Crippen MR) is 98.6 cm³/mol. The lowest BCUT2D eigenvalue weighted by Crippen LogP contribution is -2.51. The number of nitriles is 1. The number of pyridine rings is 1. The molecule has 2 N–H and O–H groups in total. The number of carbonyl (C=O) groups excluding carboxylic acids is 1. The van der Waals surface area contributed by atoms with E-state index in [9.17, 15) is 10.1 Å². The minimum Gasteiger partial charge on any atom is -0.337 e. The normalized spacial score (nSPS) is 19.0. The van der Waals surface area contributed by atoms with E-state index in [4.69, 9.17) is 0 Å². The van der Waals surface area contributed by atoms with Crippen molar-refractivity contribution in [1.82, 2.24) is 15.6 Å². The Morgan fingerprint density at radius 2 is 2.12 bits per heavy atom. The zero-order valence-electron chi connectivity index (χ0n) is 15.6. The van der Waals surface area contributed by atoms with Crippen molar-refractivity contribution in [2.75, 3.05) is 6.54 Å². The molecule has 1 amide bonds. The molecule has 1 aliphatic carbocycles. The van der Waals surface area contributed by atoms with Crippen molar-refractivity contribution in [2.24, 2.45) is 11.8 Å². The smallest absolute Gasteiger partial charge is 0.235 e. The summed E-state index contributed by atoms with van der Waals surface area (Å²) in [6, 6.07) is 6.37. The van der Waals surface area contributed by atoms with Crippen LogP contribution in [-0.2, 0) is 4.79 Å². The number of carbonyl (C=O) groups is 1. The zero-order chi connectivity index (χ0) is 18.3. The van der Waals surface area contributed by atoms with Gasteiger partial charge in [-0.3, -0.25) is 9.78 Å². The standard InChI is InChI=1S/C20H30N4O/c1-15(2)20(3,14-21)24-18(25)13-23-19(16-8-5-4-6-9-16)17-10-7-11-22-12-17/h7,10-12,15-16,19,23H,4-6,8-9,13H2,1-3H3,(H,24,25)/t19-,20+/m1/s1. The highest BCUT2D eigenvalue weighted by atomic mass is 16.2. The summed E-state index contributed by atoms with van der Waals surface area (Å²) in [6.45, 7) is 5.87. The average Bonchev–Trinajstić information content (AvgIpc) is 2.63.